The molecule has 0 saturated carbocycles. The average Bonchev–Trinajstić information content (AvgIpc) is 3.49. The average molecular weight is 506 g/mol. The van der Waals surface area contributed by atoms with Crippen LogP contribution in [-0.4, -0.2) is 72.8 Å². The van der Waals surface area contributed by atoms with Crippen LogP contribution >= 0.6 is 0 Å². The van der Waals surface area contributed by atoms with Gasteiger partial charge in [-0.05, 0) is 11.1 Å². The van der Waals surface area contributed by atoms with Crippen LogP contribution in [0.1, 0.15) is 17.5 Å². The van der Waals surface area contributed by atoms with Crippen molar-refractivity contribution in [1.29, 1.82) is 0 Å². The van der Waals surface area contributed by atoms with E-state index in [9.17, 15) is 20.1 Å². The number of carbonyl (C=O) groups excluding carboxylic acids is 1. The molecule has 1 aliphatic heterocycles. The van der Waals surface area contributed by atoms with E-state index in [2.05, 4.69) is 15.0 Å². The van der Waals surface area contributed by atoms with Crippen molar-refractivity contribution in [2.24, 2.45) is 0 Å². The van der Waals surface area contributed by atoms with Gasteiger partial charge in [-0.3, -0.25) is 9.36 Å². The number of nitrogens with zero attached hydrogens (tertiary/aromatic N) is 4. The Bertz CT molecular complexity index is 1360. The molecule has 0 amide bonds. The molecule has 3 heterocycles. The predicted octanol–water partition coefficient (Wildman–Crippen LogP) is 0.724. The van der Waals surface area contributed by atoms with Crippen LogP contribution in [0.2, 0.25) is 0 Å². The van der Waals surface area contributed by atoms with Crippen molar-refractivity contribution in [3.05, 3.63) is 84.4 Å². The third-order valence-corrected chi connectivity index (χ3v) is 7.06. The molecule has 0 aliphatic carbocycles. The maximum atomic E-state index is 13.8. The molecule has 0 spiro atoms. The van der Waals surface area contributed by atoms with Crippen molar-refractivity contribution in [3.8, 4) is 0 Å². The van der Waals surface area contributed by atoms with Crippen LogP contribution in [0.3, 0.4) is 0 Å². The summed E-state index contributed by atoms with van der Waals surface area (Å²) in [5.74, 6) is -0.503. The Kier molecular flexibility index (Phi) is 6.38. The zero-order valence-corrected chi connectivity index (χ0v) is 20.0. The lowest BCUT2D eigenvalue weighted by atomic mass is 9.68. The second kappa shape index (κ2) is 9.52. The van der Waals surface area contributed by atoms with E-state index in [0.29, 0.717) is 11.1 Å². The standard InChI is InChI=1S/C26H27N5O6/c1-36-24(35)25(16-8-4-2-5-9-16,17-10-6-3-7-11-17)13-26(21(34)20(33)18(12-32)37-26)31-15-30-19-22(27)28-14-29-23(19)31/h2-11,14-15,18,20-21,32-34H,12-13H2,1H3,(H2,27,28,29)/t18-,20-,21-,26-/m1/s1. The second-order valence-electron chi connectivity index (χ2n) is 8.97. The highest BCUT2D eigenvalue weighted by atomic mass is 16.6. The topological polar surface area (TPSA) is 166 Å². The minimum Gasteiger partial charge on any atom is -0.468 e. The third-order valence-electron chi connectivity index (χ3n) is 7.06. The van der Waals surface area contributed by atoms with E-state index in [4.69, 9.17) is 15.2 Å². The molecule has 1 aliphatic rings. The van der Waals surface area contributed by atoms with Crippen molar-refractivity contribution in [1.82, 2.24) is 19.5 Å². The number of rotatable bonds is 7. The van der Waals surface area contributed by atoms with E-state index >= 15 is 0 Å². The maximum absolute atomic E-state index is 13.8. The molecular weight excluding hydrogens is 478 g/mol. The quantitative estimate of drug-likeness (QED) is 0.263. The lowest BCUT2D eigenvalue weighted by Crippen LogP contribution is -2.53. The summed E-state index contributed by atoms with van der Waals surface area (Å²) in [4.78, 5) is 26.4. The number of anilines is 1. The smallest absolute Gasteiger partial charge is 0.320 e. The molecule has 0 radical (unpaired) electrons. The zero-order chi connectivity index (χ0) is 26.2. The molecule has 37 heavy (non-hydrogen) atoms. The normalized spacial score (nSPS) is 23.8. The predicted molar refractivity (Wildman–Crippen MR) is 132 cm³/mol. The number of methoxy groups -OCH3 is 1. The summed E-state index contributed by atoms with van der Waals surface area (Å²) < 4.78 is 13.1. The number of aromatic nitrogens is 4. The van der Waals surface area contributed by atoms with Crippen LogP contribution < -0.4 is 5.73 Å². The molecule has 1 fully saturated rings. The van der Waals surface area contributed by atoms with Gasteiger partial charge in [0, 0.05) is 6.42 Å². The molecule has 11 nitrogen and oxygen atoms in total. The van der Waals surface area contributed by atoms with Crippen LogP contribution in [-0.2, 0) is 25.4 Å². The van der Waals surface area contributed by atoms with Crippen LogP contribution in [0.15, 0.2) is 73.3 Å². The second-order valence-corrected chi connectivity index (χ2v) is 8.97. The molecule has 4 aromatic rings. The Hall–Kier alpha value is -3.90. The summed E-state index contributed by atoms with van der Waals surface area (Å²) >= 11 is 0. The Morgan fingerprint density at radius 1 is 1.08 bits per heavy atom. The number of hydrogen-bond donors (Lipinski definition) is 4. The van der Waals surface area contributed by atoms with Gasteiger partial charge in [-0.15, -0.1) is 0 Å². The molecule has 5 rings (SSSR count). The van der Waals surface area contributed by atoms with Crippen LogP contribution in [0.25, 0.3) is 11.2 Å². The first-order chi connectivity index (χ1) is 17.9. The fourth-order valence-corrected chi connectivity index (χ4v) is 5.26. The first kappa shape index (κ1) is 24.8. The van der Waals surface area contributed by atoms with E-state index < -0.39 is 42.0 Å². The molecular formula is C26H27N5O6. The maximum Gasteiger partial charge on any atom is 0.320 e. The highest BCUT2D eigenvalue weighted by molar-refractivity contribution is 5.88. The number of imidazole rings is 1. The first-order valence-corrected chi connectivity index (χ1v) is 11.7. The van der Waals surface area contributed by atoms with Gasteiger partial charge in [0.05, 0.1) is 20.0 Å². The van der Waals surface area contributed by atoms with Crippen molar-refractivity contribution >= 4 is 23.0 Å². The molecule has 4 atom stereocenters. The van der Waals surface area contributed by atoms with Gasteiger partial charge >= 0.3 is 5.97 Å². The van der Waals surface area contributed by atoms with E-state index in [1.54, 1.807) is 48.5 Å². The SMILES string of the molecule is COC(=O)C(C[C@@]1(n2cnc3c(N)ncnc32)O[C@H](CO)[C@@H](O)[C@H]1O)(c1ccccc1)c1ccccc1. The van der Waals surface area contributed by atoms with E-state index in [1.165, 1.54) is 24.3 Å². The van der Waals surface area contributed by atoms with Crippen molar-refractivity contribution in [2.75, 3.05) is 19.5 Å². The molecule has 0 bridgehead atoms. The fraction of sp³-hybridized carbons (Fsp3) is 0.308. The van der Waals surface area contributed by atoms with E-state index in [0.717, 1.165) is 0 Å². The van der Waals surface area contributed by atoms with Gasteiger partial charge in [-0.1, -0.05) is 60.7 Å². The van der Waals surface area contributed by atoms with Gasteiger partial charge in [0.1, 0.15) is 35.6 Å². The van der Waals surface area contributed by atoms with Crippen LogP contribution in [0.5, 0.6) is 0 Å². The summed E-state index contributed by atoms with van der Waals surface area (Å²) in [5, 5.41) is 32.4. The minimum absolute atomic E-state index is 0.107. The summed E-state index contributed by atoms with van der Waals surface area (Å²) in [6, 6.07) is 17.9. The number of benzene rings is 2. The third kappa shape index (κ3) is 3.75. The number of nitrogen functional groups attached to an aromatic ring is 1. The first-order valence-electron chi connectivity index (χ1n) is 11.7. The van der Waals surface area contributed by atoms with Crippen molar-refractivity contribution in [3.63, 3.8) is 0 Å². The number of carbonyl (C=O) groups is 1. The monoisotopic (exact) mass is 505 g/mol. The summed E-state index contributed by atoms with van der Waals surface area (Å²) in [6.45, 7) is -0.578. The summed E-state index contributed by atoms with van der Waals surface area (Å²) in [6.07, 6.45) is -1.88. The molecule has 0 unspecified atom stereocenters. The molecule has 5 N–H and O–H groups in total. The molecule has 1 saturated heterocycles. The molecule has 11 heteroatoms. The fourth-order valence-electron chi connectivity index (χ4n) is 5.26. The van der Waals surface area contributed by atoms with E-state index in [1.807, 2.05) is 12.1 Å². The highest BCUT2D eigenvalue weighted by Crippen LogP contribution is 2.49. The van der Waals surface area contributed by atoms with Crippen LogP contribution in [0.4, 0.5) is 5.82 Å². The van der Waals surface area contributed by atoms with Crippen molar-refractivity contribution in [2.45, 2.75) is 35.9 Å². The lowest BCUT2D eigenvalue weighted by molar-refractivity contribution is -0.171. The minimum atomic E-state index is -1.83. The summed E-state index contributed by atoms with van der Waals surface area (Å²) in [5.41, 5.74) is 4.28. The van der Waals surface area contributed by atoms with Gasteiger partial charge in [-0.25, -0.2) is 15.0 Å². The lowest BCUT2D eigenvalue weighted by Gasteiger charge is -2.42. The van der Waals surface area contributed by atoms with Gasteiger partial charge in [0.15, 0.2) is 17.2 Å². The Morgan fingerprint density at radius 3 is 2.24 bits per heavy atom. The summed E-state index contributed by atoms with van der Waals surface area (Å²) in [7, 11) is 1.29. The Labute approximate surface area is 212 Å². The number of ether oxygens (including phenoxy) is 2. The number of nitrogens with two attached hydrogens (primary N) is 1. The van der Waals surface area contributed by atoms with E-state index in [-0.39, 0.29) is 23.4 Å². The number of aliphatic hydroxyl groups excluding tert-OH is 3. The van der Waals surface area contributed by atoms with Crippen molar-refractivity contribution < 1.29 is 29.6 Å². The van der Waals surface area contributed by atoms with Gasteiger partial charge in [0.2, 0.25) is 0 Å². The van der Waals surface area contributed by atoms with Gasteiger partial charge in [-0.2, -0.15) is 0 Å². The Balaban J connectivity index is 1.83. The number of hydrogen-bond acceptors (Lipinski definition) is 10. The number of fused-ring (bicyclic) bond motifs is 1. The van der Waals surface area contributed by atoms with Gasteiger partial charge < -0.3 is 30.5 Å². The zero-order valence-electron chi connectivity index (χ0n) is 20.0. The molecule has 192 valence electrons. The van der Waals surface area contributed by atoms with Crippen LogP contribution in [0, 0.1) is 0 Å². The number of aliphatic hydroxyl groups is 3. The number of esters is 1. The highest BCUT2D eigenvalue weighted by Gasteiger charge is 2.61. The Morgan fingerprint density at radius 2 is 1.70 bits per heavy atom. The molecule has 2 aromatic carbocycles. The molecule has 2 aromatic heterocycles. The largest absolute Gasteiger partial charge is 0.468 e. The van der Waals surface area contributed by atoms with Gasteiger partial charge in [0.25, 0.3) is 0 Å².